The van der Waals surface area contributed by atoms with Gasteiger partial charge < -0.3 is 10.1 Å². The van der Waals surface area contributed by atoms with Crippen LogP contribution in [0.1, 0.15) is 31.0 Å². The van der Waals surface area contributed by atoms with Gasteiger partial charge in [0.25, 0.3) is 0 Å². The van der Waals surface area contributed by atoms with Crippen molar-refractivity contribution >= 4 is 17.7 Å². The summed E-state index contributed by atoms with van der Waals surface area (Å²) >= 11 is 1.67. The monoisotopic (exact) mass is 384 g/mol. The highest BCUT2D eigenvalue weighted by molar-refractivity contribution is 8.01. The number of hydrogen-bond acceptors (Lipinski definition) is 4. The topological polar surface area (TPSA) is 41.6 Å². The number of rotatable bonds is 8. The average Bonchev–Trinajstić information content (AvgIpc) is 3.15. The van der Waals surface area contributed by atoms with Crippen molar-refractivity contribution < 1.29 is 9.53 Å². The first-order chi connectivity index (χ1) is 13.2. The van der Waals surface area contributed by atoms with Crippen LogP contribution in [0.2, 0.25) is 0 Å². The number of nitrogens with zero attached hydrogens (tertiary/aromatic N) is 1. The number of ether oxygens (including phenoxy) is 1. The smallest absolute Gasteiger partial charge is 0.233 e. The number of nitrogens with one attached hydrogen (secondary N) is 1. The van der Waals surface area contributed by atoms with Gasteiger partial charge in [0.1, 0.15) is 5.75 Å². The van der Waals surface area contributed by atoms with E-state index in [1.165, 1.54) is 16.0 Å². The minimum Gasteiger partial charge on any atom is -0.497 e. The highest BCUT2D eigenvalue weighted by atomic mass is 32.2. The van der Waals surface area contributed by atoms with Crippen LogP contribution < -0.4 is 10.1 Å². The predicted molar refractivity (Wildman–Crippen MR) is 111 cm³/mol. The fourth-order valence-corrected chi connectivity index (χ4v) is 4.83. The Morgan fingerprint density at radius 1 is 1.22 bits per heavy atom. The zero-order valence-corrected chi connectivity index (χ0v) is 17.1. The summed E-state index contributed by atoms with van der Waals surface area (Å²) in [5.41, 5.74) is 2.44. The Bertz CT molecular complexity index is 751. The first kappa shape index (κ1) is 19.8. The summed E-state index contributed by atoms with van der Waals surface area (Å²) in [5.74, 6) is 0.967. The SMILES string of the molecule is CCN(CC)[C@@H](CNC(=O)[C@@H]1Cc2ccccc2S1)c1cccc(OC)c1. The Morgan fingerprint density at radius 2 is 2.00 bits per heavy atom. The number of hydrogen-bond donors (Lipinski definition) is 1. The first-order valence-corrected chi connectivity index (χ1v) is 10.4. The summed E-state index contributed by atoms with van der Waals surface area (Å²) in [6.07, 6.45) is 0.807. The van der Waals surface area contributed by atoms with Gasteiger partial charge in [-0.25, -0.2) is 0 Å². The summed E-state index contributed by atoms with van der Waals surface area (Å²) in [6, 6.07) is 16.6. The van der Waals surface area contributed by atoms with Gasteiger partial charge >= 0.3 is 0 Å². The zero-order chi connectivity index (χ0) is 19.2. The summed E-state index contributed by atoms with van der Waals surface area (Å²) < 4.78 is 5.39. The van der Waals surface area contributed by atoms with Crippen LogP contribution in [0.3, 0.4) is 0 Å². The summed E-state index contributed by atoms with van der Waals surface area (Å²) in [7, 11) is 1.68. The molecule has 0 fully saturated rings. The van der Waals surface area contributed by atoms with Crippen LogP contribution in [-0.4, -0.2) is 42.8 Å². The molecule has 1 N–H and O–H groups in total. The van der Waals surface area contributed by atoms with E-state index in [1.807, 2.05) is 24.3 Å². The maximum absolute atomic E-state index is 12.8. The van der Waals surface area contributed by atoms with E-state index in [4.69, 9.17) is 4.74 Å². The summed E-state index contributed by atoms with van der Waals surface area (Å²) in [6.45, 7) is 6.76. The number of amides is 1. The molecule has 1 amide bonds. The van der Waals surface area contributed by atoms with E-state index in [-0.39, 0.29) is 17.2 Å². The molecule has 0 spiro atoms. The van der Waals surface area contributed by atoms with E-state index in [9.17, 15) is 4.79 Å². The van der Waals surface area contributed by atoms with Crippen LogP contribution in [0.25, 0.3) is 0 Å². The highest BCUT2D eigenvalue weighted by Crippen LogP contribution is 2.36. The number of carbonyl (C=O) groups is 1. The fraction of sp³-hybridized carbons (Fsp3) is 0.409. The molecule has 0 aromatic heterocycles. The second-order valence-corrected chi connectivity index (χ2v) is 7.92. The number of methoxy groups -OCH3 is 1. The maximum atomic E-state index is 12.8. The molecule has 1 heterocycles. The zero-order valence-electron chi connectivity index (χ0n) is 16.3. The van der Waals surface area contributed by atoms with Crippen LogP contribution in [0.4, 0.5) is 0 Å². The van der Waals surface area contributed by atoms with E-state index in [0.29, 0.717) is 6.54 Å². The molecule has 0 bridgehead atoms. The molecule has 144 valence electrons. The molecule has 4 nitrogen and oxygen atoms in total. The third-order valence-electron chi connectivity index (χ3n) is 5.14. The lowest BCUT2D eigenvalue weighted by Gasteiger charge is -2.30. The molecule has 2 atom stereocenters. The molecule has 0 saturated heterocycles. The molecule has 1 aliphatic heterocycles. The molecule has 1 aliphatic rings. The number of likely N-dealkylation sites (N-methyl/N-ethyl adjacent to an activating group) is 1. The van der Waals surface area contributed by atoms with Gasteiger partial charge in [0.05, 0.1) is 18.4 Å². The normalized spacial score (nSPS) is 16.8. The van der Waals surface area contributed by atoms with E-state index in [1.54, 1.807) is 18.9 Å². The second-order valence-electron chi connectivity index (χ2n) is 6.68. The van der Waals surface area contributed by atoms with Crippen molar-refractivity contribution in [1.29, 1.82) is 0 Å². The number of fused-ring (bicyclic) bond motifs is 1. The average molecular weight is 385 g/mol. The lowest BCUT2D eigenvalue weighted by molar-refractivity contribution is -0.120. The van der Waals surface area contributed by atoms with Crippen molar-refractivity contribution in [2.45, 2.75) is 36.5 Å². The third-order valence-corrected chi connectivity index (χ3v) is 6.46. The Morgan fingerprint density at radius 3 is 2.70 bits per heavy atom. The van der Waals surface area contributed by atoms with Crippen LogP contribution in [0, 0.1) is 0 Å². The number of carbonyl (C=O) groups excluding carboxylic acids is 1. The van der Waals surface area contributed by atoms with Gasteiger partial charge in [0.2, 0.25) is 5.91 Å². The van der Waals surface area contributed by atoms with Crippen LogP contribution in [0.5, 0.6) is 5.75 Å². The van der Waals surface area contributed by atoms with Gasteiger partial charge in [-0.1, -0.05) is 44.2 Å². The van der Waals surface area contributed by atoms with Crippen molar-refractivity contribution in [3.63, 3.8) is 0 Å². The van der Waals surface area contributed by atoms with Crippen molar-refractivity contribution in [3.05, 3.63) is 59.7 Å². The minimum atomic E-state index is -0.0370. The van der Waals surface area contributed by atoms with Crippen LogP contribution >= 0.6 is 11.8 Å². The molecule has 2 aromatic carbocycles. The second kappa shape index (κ2) is 9.29. The van der Waals surface area contributed by atoms with Crippen molar-refractivity contribution in [1.82, 2.24) is 10.2 Å². The van der Waals surface area contributed by atoms with Gasteiger partial charge in [0, 0.05) is 11.4 Å². The molecule has 0 saturated carbocycles. The maximum Gasteiger partial charge on any atom is 0.233 e. The van der Waals surface area contributed by atoms with Crippen LogP contribution in [-0.2, 0) is 11.2 Å². The third kappa shape index (κ3) is 4.66. The fourth-order valence-electron chi connectivity index (χ4n) is 3.61. The summed E-state index contributed by atoms with van der Waals surface area (Å²) in [5, 5.41) is 3.17. The molecular formula is C22H28N2O2S. The van der Waals surface area contributed by atoms with E-state index in [0.717, 1.165) is 25.3 Å². The van der Waals surface area contributed by atoms with Gasteiger partial charge in [-0.05, 0) is 48.8 Å². The molecule has 0 aliphatic carbocycles. The van der Waals surface area contributed by atoms with Crippen LogP contribution in [0.15, 0.2) is 53.4 Å². The van der Waals surface area contributed by atoms with Crippen molar-refractivity contribution in [2.24, 2.45) is 0 Å². The quantitative estimate of drug-likeness (QED) is 0.749. The Hall–Kier alpha value is -1.98. The van der Waals surface area contributed by atoms with E-state index in [2.05, 4.69) is 48.3 Å². The first-order valence-electron chi connectivity index (χ1n) is 9.56. The molecule has 0 unspecified atom stereocenters. The van der Waals surface area contributed by atoms with Crippen molar-refractivity contribution in [3.8, 4) is 5.75 Å². The van der Waals surface area contributed by atoms with E-state index >= 15 is 0 Å². The highest BCUT2D eigenvalue weighted by Gasteiger charge is 2.29. The molecule has 5 heteroatoms. The molecule has 0 radical (unpaired) electrons. The van der Waals surface area contributed by atoms with Gasteiger partial charge in [-0.3, -0.25) is 9.69 Å². The number of benzene rings is 2. The standard InChI is InChI=1S/C22H28N2O2S/c1-4-24(5-2)19(16-10-8-11-18(13-16)26-3)15-23-22(25)21-14-17-9-6-7-12-20(17)27-21/h6-13,19,21H,4-5,14-15H2,1-3H3,(H,23,25)/t19-,21-/m0/s1. The Kier molecular flexibility index (Phi) is 6.80. The van der Waals surface area contributed by atoms with Crippen molar-refractivity contribution in [2.75, 3.05) is 26.7 Å². The van der Waals surface area contributed by atoms with Gasteiger partial charge in [-0.2, -0.15) is 0 Å². The largest absolute Gasteiger partial charge is 0.497 e. The minimum absolute atomic E-state index is 0.0370. The predicted octanol–water partition coefficient (Wildman–Crippen LogP) is 3.91. The molecule has 3 rings (SSSR count). The lowest BCUT2D eigenvalue weighted by Crippen LogP contribution is -2.41. The summed E-state index contributed by atoms with van der Waals surface area (Å²) in [4.78, 5) is 16.4. The van der Waals surface area contributed by atoms with Gasteiger partial charge in [0.15, 0.2) is 0 Å². The molecule has 27 heavy (non-hydrogen) atoms. The molecule has 2 aromatic rings. The van der Waals surface area contributed by atoms with E-state index < -0.39 is 0 Å². The Balaban J connectivity index is 1.68. The molecular weight excluding hydrogens is 356 g/mol. The van der Waals surface area contributed by atoms with Gasteiger partial charge in [-0.15, -0.1) is 11.8 Å². The number of thioether (sulfide) groups is 1. The Labute approximate surface area is 166 Å². The lowest BCUT2D eigenvalue weighted by atomic mass is 10.0.